The molecule has 0 aromatic heterocycles. The minimum Gasteiger partial charge on any atom is -0.485 e. The van der Waals surface area contributed by atoms with E-state index >= 15 is 0 Å². The van der Waals surface area contributed by atoms with Crippen LogP contribution >= 0.6 is 0 Å². The second-order valence-electron chi connectivity index (χ2n) is 8.20. The molecule has 2 unspecified atom stereocenters. The van der Waals surface area contributed by atoms with Gasteiger partial charge in [-0.15, -0.1) is 0 Å². The van der Waals surface area contributed by atoms with Crippen LogP contribution in [-0.4, -0.2) is 11.9 Å². The molecular weight excluding hydrogens is 400 g/mol. The van der Waals surface area contributed by atoms with Gasteiger partial charge in [0.05, 0.1) is 12.5 Å². The van der Waals surface area contributed by atoms with E-state index in [1.165, 1.54) is 0 Å². The maximum atomic E-state index is 13.3. The zero-order valence-corrected chi connectivity index (χ0v) is 17.6. The topological polar surface area (TPSA) is 100 Å². The van der Waals surface area contributed by atoms with Crippen molar-refractivity contribution in [2.75, 3.05) is 0 Å². The van der Waals surface area contributed by atoms with Gasteiger partial charge in [-0.25, -0.2) is 4.99 Å². The Kier molecular flexibility index (Phi) is 4.67. The third kappa shape index (κ3) is 3.02. The first-order chi connectivity index (χ1) is 15.5. The second kappa shape index (κ2) is 7.54. The van der Waals surface area contributed by atoms with E-state index < -0.39 is 5.54 Å². The Morgan fingerprint density at radius 3 is 2.59 bits per heavy atom. The lowest BCUT2D eigenvalue weighted by molar-refractivity contribution is -0.128. The molecule has 3 N–H and O–H groups in total. The average molecular weight is 422 g/mol. The summed E-state index contributed by atoms with van der Waals surface area (Å²) in [6.07, 6.45) is -0.0147. The van der Waals surface area contributed by atoms with Crippen LogP contribution in [0.4, 0.5) is 0 Å². The van der Waals surface area contributed by atoms with Gasteiger partial charge >= 0.3 is 0 Å². The summed E-state index contributed by atoms with van der Waals surface area (Å²) in [5, 5.41) is 11.7. The molecule has 3 atom stereocenters. The minimum absolute atomic E-state index is 0.114. The smallest absolute Gasteiger partial charge is 0.259 e. The van der Waals surface area contributed by atoms with Gasteiger partial charge < -0.3 is 10.5 Å². The molecule has 6 heteroatoms. The Morgan fingerprint density at radius 2 is 1.88 bits per heavy atom. The highest BCUT2D eigenvalue weighted by atomic mass is 16.5. The predicted octanol–water partition coefficient (Wildman–Crippen LogP) is 3.83. The summed E-state index contributed by atoms with van der Waals surface area (Å²) in [6, 6.07) is 25.7. The van der Waals surface area contributed by atoms with Crippen LogP contribution in [0, 0.1) is 17.2 Å². The van der Waals surface area contributed by atoms with E-state index in [-0.39, 0.29) is 23.9 Å². The van der Waals surface area contributed by atoms with Crippen molar-refractivity contribution < 1.29 is 9.53 Å². The molecule has 0 radical (unpaired) electrons. The van der Waals surface area contributed by atoms with E-state index in [2.05, 4.69) is 16.4 Å². The molecule has 2 aliphatic rings. The van der Waals surface area contributed by atoms with Crippen molar-refractivity contribution in [1.82, 2.24) is 5.32 Å². The van der Waals surface area contributed by atoms with Crippen molar-refractivity contribution >= 4 is 11.9 Å². The standard InChI is InChI=1S/C26H22N4O2/c1-16-23(18-7-3-2-4-8-18)32-22-11-10-20(19-9-5-6-17(14-19)12-13-27)15-21(22)26(16)24(31)29-25(28)30-26/h2-11,14-16,23H,12H2,1H3,(H3,28,29,30,31)/t16?,23-,26?/m1/s1. The maximum absolute atomic E-state index is 13.3. The molecule has 0 saturated heterocycles. The molecule has 0 bridgehead atoms. The zero-order chi connectivity index (χ0) is 22.3. The van der Waals surface area contributed by atoms with Gasteiger partial charge in [-0.2, -0.15) is 5.26 Å². The Morgan fingerprint density at radius 1 is 1.09 bits per heavy atom. The van der Waals surface area contributed by atoms with Crippen LogP contribution in [0.5, 0.6) is 5.75 Å². The number of nitrogens with one attached hydrogen (secondary N) is 1. The largest absolute Gasteiger partial charge is 0.485 e. The summed E-state index contributed by atoms with van der Waals surface area (Å²) in [4.78, 5) is 18.0. The Bertz CT molecular complexity index is 1280. The fraction of sp³-hybridized carbons (Fsp3) is 0.192. The maximum Gasteiger partial charge on any atom is 0.259 e. The van der Waals surface area contributed by atoms with Crippen molar-refractivity contribution in [2.45, 2.75) is 25.0 Å². The Labute approximate surface area is 186 Å². The number of amides is 1. The van der Waals surface area contributed by atoms with Gasteiger partial charge in [0.1, 0.15) is 11.9 Å². The predicted molar refractivity (Wildman–Crippen MR) is 122 cm³/mol. The molecule has 158 valence electrons. The second-order valence-corrected chi connectivity index (χ2v) is 8.20. The van der Waals surface area contributed by atoms with Crippen molar-refractivity contribution in [3.63, 3.8) is 0 Å². The molecule has 3 aromatic rings. The van der Waals surface area contributed by atoms with Crippen LogP contribution in [0.3, 0.4) is 0 Å². The first-order valence-corrected chi connectivity index (χ1v) is 10.5. The Balaban J connectivity index is 1.67. The lowest BCUT2D eigenvalue weighted by Gasteiger charge is -2.42. The Hall–Kier alpha value is -4.11. The lowest BCUT2D eigenvalue weighted by Crippen LogP contribution is -2.48. The zero-order valence-electron chi connectivity index (χ0n) is 17.6. The number of carbonyl (C=O) groups excluding carboxylic acids is 1. The number of aliphatic imine (C=N–C) groups is 1. The molecule has 6 nitrogen and oxygen atoms in total. The molecule has 0 saturated carbocycles. The fourth-order valence-electron chi connectivity index (χ4n) is 4.74. The van der Waals surface area contributed by atoms with Gasteiger partial charge in [-0.05, 0) is 34.4 Å². The summed E-state index contributed by atoms with van der Waals surface area (Å²) in [7, 11) is 0. The van der Waals surface area contributed by atoms with Gasteiger partial charge in [0.25, 0.3) is 5.91 Å². The van der Waals surface area contributed by atoms with Crippen LogP contribution in [-0.2, 0) is 16.8 Å². The van der Waals surface area contributed by atoms with Gasteiger partial charge in [0.2, 0.25) is 0 Å². The number of hydrogen-bond donors (Lipinski definition) is 2. The van der Waals surface area contributed by atoms with Crippen LogP contribution in [0.25, 0.3) is 11.1 Å². The minimum atomic E-state index is -1.18. The number of nitriles is 1. The van der Waals surface area contributed by atoms with Crippen LogP contribution in [0.2, 0.25) is 0 Å². The van der Waals surface area contributed by atoms with E-state index in [1.807, 2.05) is 79.7 Å². The molecule has 1 amide bonds. The fourth-order valence-corrected chi connectivity index (χ4v) is 4.74. The van der Waals surface area contributed by atoms with Crippen molar-refractivity contribution in [3.8, 4) is 22.9 Å². The quantitative estimate of drug-likeness (QED) is 0.670. The number of ether oxygens (including phenoxy) is 1. The third-order valence-corrected chi connectivity index (χ3v) is 6.31. The summed E-state index contributed by atoms with van der Waals surface area (Å²) < 4.78 is 6.42. The highest BCUT2D eigenvalue weighted by Crippen LogP contribution is 2.52. The van der Waals surface area contributed by atoms with Gasteiger partial charge in [-0.1, -0.05) is 67.6 Å². The van der Waals surface area contributed by atoms with Crippen molar-refractivity contribution in [2.24, 2.45) is 16.6 Å². The monoisotopic (exact) mass is 422 g/mol. The van der Waals surface area contributed by atoms with Crippen LogP contribution in [0.15, 0.2) is 77.8 Å². The molecule has 0 fully saturated rings. The summed E-state index contributed by atoms with van der Waals surface area (Å²) in [5.41, 5.74) is 9.29. The number of carbonyl (C=O) groups is 1. The number of benzene rings is 3. The molecular formula is C26H22N4O2. The number of guanidine groups is 1. The summed E-state index contributed by atoms with van der Waals surface area (Å²) in [5.74, 6) is 0.187. The van der Waals surface area contributed by atoms with Gasteiger partial charge in [-0.3, -0.25) is 10.1 Å². The summed E-state index contributed by atoms with van der Waals surface area (Å²) >= 11 is 0. The number of hydrogen-bond acceptors (Lipinski definition) is 5. The first-order valence-electron chi connectivity index (χ1n) is 10.5. The van der Waals surface area contributed by atoms with Gasteiger partial charge in [0, 0.05) is 11.5 Å². The van der Waals surface area contributed by atoms with E-state index in [9.17, 15) is 4.79 Å². The van der Waals surface area contributed by atoms with Gasteiger partial charge in [0.15, 0.2) is 11.5 Å². The highest BCUT2D eigenvalue weighted by Gasteiger charge is 2.56. The normalized spacial score (nSPS) is 23.6. The van der Waals surface area contributed by atoms with Crippen molar-refractivity contribution in [1.29, 1.82) is 5.26 Å². The molecule has 1 spiro atoms. The molecule has 0 aliphatic carbocycles. The number of nitrogens with zero attached hydrogens (tertiary/aromatic N) is 2. The number of nitrogens with two attached hydrogens (primary N) is 1. The lowest BCUT2D eigenvalue weighted by atomic mass is 9.72. The van der Waals surface area contributed by atoms with E-state index in [1.54, 1.807) is 0 Å². The third-order valence-electron chi connectivity index (χ3n) is 6.31. The molecule has 32 heavy (non-hydrogen) atoms. The number of rotatable bonds is 3. The van der Waals surface area contributed by atoms with Crippen LogP contribution < -0.4 is 15.8 Å². The van der Waals surface area contributed by atoms with E-state index in [4.69, 9.17) is 15.7 Å². The van der Waals surface area contributed by atoms with Crippen molar-refractivity contribution in [3.05, 3.63) is 89.5 Å². The highest BCUT2D eigenvalue weighted by molar-refractivity contribution is 6.08. The van der Waals surface area contributed by atoms with E-state index in [0.29, 0.717) is 17.7 Å². The van der Waals surface area contributed by atoms with E-state index in [0.717, 1.165) is 22.3 Å². The number of fused-ring (bicyclic) bond motifs is 2. The average Bonchev–Trinajstić information content (AvgIpc) is 3.11. The SMILES string of the molecule is CC1[C@H](c2ccccc2)Oc2ccc(-c3cccc(CC#N)c3)cc2C12N=C(N)NC2=O. The molecule has 3 aromatic carbocycles. The first kappa shape index (κ1) is 19.8. The van der Waals surface area contributed by atoms with Crippen LogP contribution in [0.1, 0.15) is 29.7 Å². The summed E-state index contributed by atoms with van der Waals surface area (Å²) in [6.45, 7) is 1.97. The molecule has 5 rings (SSSR count). The molecule has 2 aliphatic heterocycles. The molecule has 2 heterocycles.